The Balaban J connectivity index is 2.54. The summed E-state index contributed by atoms with van der Waals surface area (Å²) in [7, 11) is 1.81. The fraction of sp³-hybridized carbons (Fsp3) is 0.462. The van der Waals surface area contributed by atoms with Gasteiger partial charge in [0.05, 0.1) is 5.02 Å². The first kappa shape index (κ1) is 15.7. The third-order valence-electron chi connectivity index (χ3n) is 2.64. The Bertz CT molecular complexity index is 443. The summed E-state index contributed by atoms with van der Waals surface area (Å²) in [5, 5.41) is 5.89. The molecule has 1 aromatic carbocycles. The van der Waals surface area contributed by atoms with Gasteiger partial charge in [-0.15, -0.1) is 0 Å². The Hall–Kier alpha value is -1.33. The van der Waals surface area contributed by atoms with Gasteiger partial charge in [-0.05, 0) is 39.1 Å². The van der Waals surface area contributed by atoms with Crippen LogP contribution >= 0.6 is 11.6 Å². The van der Waals surface area contributed by atoms with Crippen molar-refractivity contribution in [1.29, 1.82) is 0 Å². The van der Waals surface area contributed by atoms with Crippen LogP contribution in [0.2, 0.25) is 5.02 Å². The highest BCUT2D eigenvalue weighted by Gasteiger charge is 2.16. The number of likely N-dealkylation sites (N-methyl/N-ethyl adjacent to an activating group) is 1. The largest absolute Gasteiger partial charge is 0.479 e. The lowest BCUT2D eigenvalue weighted by molar-refractivity contribution is -0.127. The number of amides is 1. The highest BCUT2D eigenvalue weighted by atomic mass is 35.5. The van der Waals surface area contributed by atoms with E-state index in [9.17, 15) is 9.18 Å². The van der Waals surface area contributed by atoms with Gasteiger partial charge in [-0.1, -0.05) is 11.6 Å². The molecule has 4 nitrogen and oxygen atoms in total. The molecule has 0 aliphatic carbocycles. The van der Waals surface area contributed by atoms with Crippen molar-refractivity contribution in [3.63, 3.8) is 0 Å². The van der Waals surface area contributed by atoms with E-state index in [2.05, 4.69) is 10.6 Å². The lowest BCUT2D eigenvalue weighted by atomic mass is 10.3. The van der Waals surface area contributed by atoms with Crippen molar-refractivity contribution < 1.29 is 13.9 Å². The number of hydrogen-bond donors (Lipinski definition) is 2. The summed E-state index contributed by atoms with van der Waals surface area (Å²) >= 11 is 5.82. The van der Waals surface area contributed by atoms with E-state index in [0.717, 1.165) is 6.07 Å². The van der Waals surface area contributed by atoms with E-state index in [1.807, 2.05) is 14.0 Å². The molecule has 2 unspecified atom stereocenters. The molecule has 19 heavy (non-hydrogen) atoms. The number of benzene rings is 1. The van der Waals surface area contributed by atoms with Crippen LogP contribution in [-0.2, 0) is 4.79 Å². The van der Waals surface area contributed by atoms with Crippen molar-refractivity contribution in [2.24, 2.45) is 0 Å². The molecule has 1 rings (SSSR count). The number of carbonyl (C=O) groups is 1. The normalized spacial score (nSPS) is 13.7. The number of halogens is 2. The zero-order chi connectivity index (χ0) is 14.4. The first-order valence-corrected chi connectivity index (χ1v) is 6.38. The maximum Gasteiger partial charge on any atom is 0.260 e. The second-order valence-corrected chi connectivity index (χ2v) is 4.68. The molecule has 2 N–H and O–H groups in total. The lowest BCUT2D eigenvalue weighted by Gasteiger charge is -2.17. The molecule has 0 bridgehead atoms. The van der Waals surface area contributed by atoms with Crippen molar-refractivity contribution in [1.82, 2.24) is 10.6 Å². The van der Waals surface area contributed by atoms with Crippen molar-refractivity contribution in [3.8, 4) is 5.75 Å². The van der Waals surface area contributed by atoms with E-state index >= 15 is 0 Å². The summed E-state index contributed by atoms with van der Waals surface area (Å²) in [5.74, 6) is -0.410. The first-order chi connectivity index (χ1) is 8.93. The lowest BCUT2D eigenvalue weighted by Crippen LogP contribution is -2.42. The van der Waals surface area contributed by atoms with Gasteiger partial charge in [0.25, 0.3) is 5.91 Å². The monoisotopic (exact) mass is 288 g/mol. The van der Waals surface area contributed by atoms with Crippen LogP contribution in [0, 0.1) is 5.82 Å². The number of rotatable bonds is 6. The number of ether oxygens (including phenoxy) is 1. The fourth-order valence-electron chi connectivity index (χ4n) is 1.31. The summed E-state index contributed by atoms with van der Waals surface area (Å²) in [6.07, 6.45) is -0.702. The minimum atomic E-state index is -0.702. The molecule has 0 aliphatic heterocycles. The zero-order valence-electron chi connectivity index (χ0n) is 11.2. The molecule has 0 aromatic heterocycles. The van der Waals surface area contributed by atoms with Crippen LogP contribution in [0.5, 0.6) is 5.75 Å². The van der Waals surface area contributed by atoms with Gasteiger partial charge in [0.2, 0.25) is 0 Å². The van der Waals surface area contributed by atoms with Crippen LogP contribution in [0.3, 0.4) is 0 Å². The summed E-state index contributed by atoms with van der Waals surface area (Å²) in [6.45, 7) is 4.06. The number of carbonyl (C=O) groups excluding carboxylic acids is 1. The van der Waals surface area contributed by atoms with E-state index in [1.165, 1.54) is 12.1 Å². The van der Waals surface area contributed by atoms with Crippen molar-refractivity contribution in [2.45, 2.75) is 26.0 Å². The highest BCUT2D eigenvalue weighted by molar-refractivity contribution is 6.32. The smallest absolute Gasteiger partial charge is 0.260 e. The SMILES string of the molecule is CNC(C)CNC(=O)C(C)Oc1ccc(F)cc1Cl. The highest BCUT2D eigenvalue weighted by Crippen LogP contribution is 2.25. The fourth-order valence-corrected chi connectivity index (χ4v) is 1.53. The molecular formula is C13H18ClFN2O2. The van der Waals surface area contributed by atoms with E-state index in [1.54, 1.807) is 6.92 Å². The molecular weight excluding hydrogens is 271 g/mol. The molecule has 0 saturated heterocycles. The Morgan fingerprint density at radius 3 is 2.74 bits per heavy atom. The maximum absolute atomic E-state index is 12.9. The summed E-state index contributed by atoms with van der Waals surface area (Å²) in [4.78, 5) is 11.8. The molecule has 0 saturated carbocycles. The molecule has 1 aromatic rings. The van der Waals surface area contributed by atoms with Crippen LogP contribution in [0.15, 0.2) is 18.2 Å². The van der Waals surface area contributed by atoms with Crippen LogP contribution < -0.4 is 15.4 Å². The van der Waals surface area contributed by atoms with Gasteiger partial charge in [0.1, 0.15) is 11.6 Å². The van der Waals surface area contributed by atoms with Crippen LogP contribution in [0.1, 0.15) is 13.8 Å². The summed E-state index contributed by atoms with van der Waals surface area (Å²) in [5.41, 5.74) is 0. The molecule has 2 atom stereocenters. The molecule has 6 heteroatoms. The van der Waals surface area contributed by atoms with E-state index in [0.29, 0.717) is 6.54 Å². The van der Waals surface area contributed by atoms with Gasteiger partial charge in [-0.3, -0.25) is 4.79 Å². The van der Waals surface area contributed by atoms with Crippen molar-refractivity contribution >= 4 is 17.5 Å². The Labute approximate surface area is 117 Å². The molecule has 106 valence electrons. The Kier molecular flexibility index (Phi) is 6.05. The first-order valence-electron chi connectivity index (χ1n) is 6.00. The average Bonchev–Trinajstić information content (AvgIpc) is 2.38. The van der Waals surface area contributed by atoms with Gasteiger partial charge in [0.15, 0.2) is 6.10 Å². The van der Waals surface area contributed by atoms with Crippen LogP contribution in [-0.4, -0.2) is 31.6 Å². The standard InChI is InChI=1S/C13H18ClFN2O2/c1-8(16-3)7-17-13(18)9(2)19-12-5-4-10(15)6-11(12)14/h4-6,8-9,16H,7H2,1-3H3,(H,17,18). The Morgan fingerprint density at radius 1 is 1.47 bits per heavy atom. The second-order valence-electron chi connectivity index (χ2n) is 4.27. The molecule has 0 spiro atoms. The summed E-state index contributed by atoms with van der Waals surface area (Å²) in [6, 6.07) is 3.95. The van der Waals surface area contributed by atoms with Crippen molar-refractivity contribution in [2.75, 3.05) is 13.6 Å². The maximum atomic E-state index is 12.9. The van der Waals surface area contributed by atoms with Crippen molar-refractivity contribution in [3.05, 3.63) is 29.0 Å². The quantitative estimate of drug-likeness (QED) is 0.841. The third kappa shape index (κ3) is 5.04. The molecule has 0 fully saturated rings. The van der Waals surface area contributed by atoms with E-state index in [4.69, 9.17) is 16.3 Å². The zero-order valence-corrected chi connectivity index (χ0v) is 11.9. The minimum absolute atomic E-state index is 0.142. The molecule has 0 radical (unpaired) electrons. The molecule has 1 amide bonds. The van der Waals surface area contributed by atoms with Gasteiger partial charge >= 0.3 is 0 Å². The topological polar surface area (TPSA) is 50.4 Å². The molecule has 0 heterocycles. The predicted octanol–water partition coefficient (Wildman–Crippen LogP) is 1.97. The number of hydrogen-bond acceptors (Lipinski definition) is 3. The van der Waals surface area contributed by atoms with Gasteiger partial charge in [-0.2, -0.15) is 0 Å². The Morgan fingerprint density at radius 2 is 2.16 bits per heavy atom. The summed E-state index contributed by atoms with van der Waals surface area (Å²) < 4.78 is 18.3. The second kappa shape index (κ2) is 7.31. The van der Waals surface area contributed by atoms with Crippen LogP contribution in [0.4, 0.5) is 4.39 Å². The van der Waals surface area contributed by atoms with Gasteiger partial charge in [0, 0.05) is 12.6 Å². The predicted molar refractivity (Wildman–Crippen MR) is 73.0 cm³/mol. The minimum Gasteiger partial charge on any atom is -0.479 e. The van der Waals surface area contributed by atoms with Crippen LogP contribution in [0.25, 0.3) is 0 Å². The van der Waals surface area contributed by atoms with Gasteiger partial charge < -0.3 is 15.4 Å². The van der Waals surface area contributed by atoms with Gasteiger partial charge in [-0.25, -0.2) is 4.39 Å². The van der Waals surface area contributed by atoms with E-state index < -0.39 is 11.9 Å². The van der Waals surface area contributed by atoms with E-state index in [-0.39, 0.29) is 22.7 Å². The average molecular weight is 289 g/mol. The number of nitrogens with one attached hydrogen (secondary N) is 2. The molecule has 0 aliphatic rings. The third-order valence-corrected chi connectivity index (χ3v) is 2.94.